The molecule has 0 saturated carbocycles. The number of pyridine rings is 1. The highest BCUT2D eigenvalue weighted by Gasteiger charge is 2.19. The van der Waals surface area contributed by atoms with Crippen molar-refractivity contribution in [3.63, 3.8) is 0 Å². The summed E-state index contributed by atoms with van der Waals surface area (Å²) in [6, 6.07) is 17.5. The minimum absolute atomic E-state index is 0.0330. The second-order valence-electron chi connectivity index (χ2n) is 7.39. The Morgan fingerprint density at radius 3 is 2.71 bits per heavy atom. The van der Waals surface area contributed by atoms with Gasteiger partial charge in [-0.05, 0) is 43.0 Å². The van der Waals surface area contributed by atoms with Crippen LogP contribution in [0.2, 0.25) is 0 Å². The molecule has 2 N–H and O–H groups in total. The van der Waals surface area contributed by atoms with E-state index in [2.05, 4.69) is 53.9 Å². The van der Waals surface area contributed by atoms with Crippen molar-refractivity contribution in [2.24, 2.45) is 0 Å². The highest BCUT2D eigenvalue weighted by atomic mass is 127. The number of halogens is 1. The molecule has 5 aromatic rings. The molecular weight excluding hydrogens is 503 g/mol. The SMILES string of the molecule is Cc1cccc2cc([C@H](C)Nc3nc(I)nc4nc[nH]c34)n(-c3ccccc3)c(=O)c12. The summed E-state index contributed by atoms with van der Waals surface area (Å²) in [5, 5.41) is 5.11. The van der Waals surface area contributed by atoms with E-state index in [1.165, 1.54) is 0 Å². The Labute approximate surface area is 191 Å². The van der Waals surface area contributed by atoms with Gasteiger partial charge < -0.3 is 10.3 Å². The van der Waals surface area contributed by atoms with Gasteiger partial charge in [-0.2, -0.15) is 0 Å². The lowest BCUT2D eigenvalue weighted by molar-refractivity contribution is 0.773. The molecular formula is C23H19IN6O. The second-order valence-corrected chi connectivity index (χ2v) is 8.36. The summed E-state index contributed by atoms with van der Waals surface area (Å²) in [6.07, 6.45) is 1.60. The summed E-state index contributed by atoms with van der Waals surface area (Å²) in [5.41, 5.74) is 3.93. The Morgan fingerprint density at radius 2 is 1.90 bits per heavy atom. The molecule has 8 heteroatoms. The first-order valence-electron chi connectivity index (χ1n) is 9.87. The molecule has 31 heavy (non-hydrogen) atoms. The van der Waals surface area contributed by atoms with E-state index in [0.717, 1.165) is 33.2 Å². The molecule has 0 spiro atoms. The molecule has 0 aliphatic rings. The maximum absolute atomic E-state index is 13.6. The number of nitrogens with zero attached hydrogens (tertiary/aromatic N) is 4. The molecule has 0 saturated heterocycles. The maximum atomic E-state index is 13.6. The number of nitrogens with one attached hydrogen (secondary N) is 2. The molecule has 2 aromatic carbocycles. The van der Waals surface area contributed by atoms with E-state index in [1.54, 1.807) is 10.9 Å². The molecule has 0 unspecified atom stereocenters. The van der Waals surface area contributed by atoms with Gasteiger partial charge in [-0.1, -0.05) is 36.4 Å². The smallest absolute Gasteiger partial charge is 0.263 e. The number of aromatic amines is 1. The third kappa shape index (κ3) is 3.46. The van der Waals surface area contributed by atoms with E-state index in [-0.39, 0.29) is 11.6 Å². The normalized spacial score (nSPS) is 12.4. The van der Waals surface area contributed by atoms with E-state index in [0.29, 0.717) is 15.3 Å². The quantitative estimate of drug-likeness (QED) is 0.263. The topological polar surface area (TPSA) is 88.5 Å². The molecule has 0 bridgehead atoms. The van der Waals surface area contributed by atoms with Crippen molar-refractivity contribution >= 4 is 50.3 Å². The van der Waals surface area contributed by atoms with E-state index < -0.39 is 0 Å². The zero-order chi connectivity index (χ0) is 21.5. The predicted octanol–water partition coefficient (Wildman–Crippen LogP) is 4.74. The van der Waals surface area contributed by atoms with Crippen molar-refractivity contribution in [1.82, 2.24) is 24.5 Å². The van der Waals surface area contributed by atoms with E-state index >= 15 is 0 Å². The van der Waals surface area contributed by atoms with Gasteiger partial charge in [0.15, 0.2) is 15.3 Å². The number of imidazole rings is 1. The number of H-pyrrole nitrogens is 1. The van der Waals surface area contributed by atoms with Crippen LogP contribution in [0.15, 0.2) is 65.7 Å². The lowest BCUT2D eigenvalue weighted by Crippen LogP contribution is -2.26. The Balaban J connectivity index is 1.71. The molecule has 0 radical (unpaired) electrons. The van der Waals surface area contributed by atoms with Crippen LogP contribution in [0, 0.1) is 10.8 Å². The number of aryl methyl sites for hydroxylation is 1. The monoisotopic (exact) mass is 522 g/mol. The van der Waals surface area contributed by atoms with Crippen molar-refractivity contribution in [1.29, 1.82) is 0 Å². The number of aromatic nitrogens is 5. The van der Waals surface area contributed by atoms with Crippen molar-refractivity contribution in [2.75, 3.05) is 5.32 Å². The lowest BCUT2D eigenvalue weighted by Gasteiger charge is -2.22. The second kappa shape index (κ2) is 7.77. The minimum atomic E-state index is -0.213. The van der Waals surface area contributed by atoms with E-state index in [1.807, 2.05) is 62.4 Å². The first-order chi connectivity index (χ1) is 15.0. The van der Waals surface area contributed by atoms with Crippen LogP contribution in [0.5, 0.6) is 0 Å². The summed E-state index contributed by atoms with van der Waals surface area (Å²) in [4.78, 5) is 29.9. The van der Waals surface area contributed by atoms with Crippen molar-refractivity contribution in [3.05, 3.63) is 86.4 Å². The first kappa shape index (κ1) is 19.7. The van der Waals surface area contributed by atoms with Gasteiger partial charge in [0, 0.05) is 34.0 Å². The number of anilines is 1. The minimum Gasteiger partial charge on any atom is -0.360 e. The molecule has 5 rings (SSSR count). The summed E-state index contributed by atoms with van der Waals surface area (Å²) in [5.74, 6) is 0.649. The van der Waals surface area contributed by atoms with Crippen LogP contribution in [0.4, 0.5) is 5.82 Å². The van der Waals surface area contributed by atoms with Gasteiger partial charge in [0.1, 0.15) is 5.52 Å². The largest absolute Gasteiger partial charge is 0.360 e. The number of para-hydroxylation sites is 1. The number of fused-ring (bicyclic) bond motifs is 2. The fourth-order valence-corrected chi connectivity index (χ4v) is 4.38. The van der Waals surface area contributed by atoms with Crippen LogP contribution >= 0.6 is 22.6 Å². The highest BCUT2D eigenvalue weighted by molar-refractivity contribution is 14.1. The molecule has 0 aliphatic carbocycles. The number of hydrogen-bond acceptors (Lipinski definition) is 5. The number of rotatable bonds is 4. The summed E-state index contributed by atoms with van der Waals surface area (Å²) in [6.45, 7) is 3.99. The van der Waals surface area contributed by atoms with Gasteiger partial charge in [-0.15, -0.1) is 0 Å². The van der Waals surface area contributed by atoms with Crippen LogP contribution < -0.4 is 10.9 Å². The molecule has 0 amide bonds. The van der Waals surface area contributed by atoms with Crippen LogP contribution in [0.3, 0.4) is 0 Å². The van der Waals surface area contributed by atoms with Crippen LogP contribution in [-0.2, 0) is 0 Å². The van der Waals surface area contributed by atoms with Gasteiger partial charge in [0.25, 0.3) is 5.56 Å². The molecule has 3 aromatic heterocycles. The first-order valence-corrected chi connectivity index (χ1v) is 10.9. The number of benzene rings is 2. The zero-order valence-electron chi connectivity index (χ0n) is 16.9. The molecule has 1 atom stereocenters. The van der Waals surface area contributed by atoms with Gasteiger partial charge in [-0.3, -0.25) is 9.36 Å². The average molecular weight is 522 g/mol. The summed E-state index contributed by atoms with van der Waals surface area (Å²) in [7, 11) is 0. The Hall–Kier alpha value is -3.27. The van der Waals surface area contributed by atoms with E-state index in [4.69, 9.17) is 0 Å². The predicted molar refractivity (Wildman–Crippen MR) is 131 cm³/mol. The van der Waals surface area contributed by atoms with E-state index in [9.17, 15) is 4.79 Å². The van der Waals surface area contributed by atoms with Crippen LogP contribution in [0.1, 0.15) is 24.2 Å². The van der Waals surface area contributed by atoms with Gasteiger partial charge in [0.2, 0.25) is 0 Å². The Morgan fingerprint density at radius 1 is 1.10 bits per heavy atom. The Kier molecular flexibility index (Phi) is 4.93. The third-order valence-corrected chi connectivity index (χ3v) is 5.84. The van der Waals surface area contributed by atoms with Gasteiger partial charge >= 0.3 is 0 Å². The highest BCUT2D eigenvalue weighted by Crippen LogP contribution is 2.27. The van der Waals surface area contributed by atoms with Crippen molar-refractivity contribution in [2.45, 2.75) is 19.9 Å². The number of hydrogen-bond donors (Lipinski definition) is 2. The fraction of sp³-hybridized carbons (Fsp3) is 0.130. The Bertz CT molecular complexity index is 1470. The summed E-state index contributed by atoms with van der Waals surface area (Å²) >= 11 is 2.08. The van der Waals surface area contributed by atoms with Crippen molar-refractivity contribution in [3.8, 4) is 5.69 Å². The fourth-order valence-electron chi connectivity index (χ4n) is 3.91. The van der Waals surface area contributed by atoms with Crippen molar-refractivity contribution < 1.29 is 0 Å². The molecule has 7 nitrogen and oxygen atoms in total. The molecule has 154 valence electrons. The average Bonchev–Trinajstić information content (AvgIpc) is 3.22. The van der Waals surface area contributed by atoms with Crippen LogP contribution in [0.25, 0.3) is 27.6 Å². The third-order valence-electron chi connectivity index (χ3n) is 5.35. The maximum Gasteiger partial charge on any atom is 0.263 e. The zero-order valence-corrected chi connectivity index (χ0v) is 19.1. The summed E-state index contributed by atoms with van der Waals surface area (Å²) < 4.78 is 2.38. The van der Waals surface area contributed by atoms with Gasteiger partial charge in [-0.25, -0.2) is 15.0 Å². The molecule has 0 fully saturated rings. The van der Waals surface area contributed by atoms with Gasteiger partial charge in [0.05, 0.1) is 17.8 Å². The van der Waals surface area contributed by atoms with Crippen LogP contribution in [-0.4, -0.2) is 24.5 Å². The lowest BCUT2D eigenvalue weighted by atomic mass is 10.0. The standard InChI is InChI=1S/C23H19IN6O/c1-13-7-6-8-15-11-17(30(22(31)18(13)15)16-9-4-3-5-10-16)14(2)27-21-19-20(26-12-25-19)28-23(24)29-21/h3-12,14H,1-2H3,(H2,25,26,27,28,29)/t14-/m0/s1. The molecule has 0 aliphatic heterocycles. The molecule has 3 heterocycles.